The summed E-state index contributed by atoms with van der Waals surface area (Å²) in [6.45, 7) is 1.96. The Labute approximate surface area is 116 Å². The molecule has 94 valence electrons. The van der Waals surface area contributed by atoms with Crippen molar-refractivity contribution in [3.63, 3.8) is 0 Å². The van der Waals surface area contributed by atoms with Crippen LogP contribution in [0.2, 0.25) is 0 Å². The van der Waals surface area contributed by atoms with E-state index in [4.69, 9.17) is 11.6 Å². The molecule has 3 rings (SSSR count). The molecule has 2 heterocycles. The van der Waals surface area contributed by atoms with E-state index in [-0.39, 0.29) is 0 Å². The summed E-state index contributed by atoms with van der Waals surface area (Å²) in [4.78, 5) is 13.3. The SMILES string of the molecule is Cc1cnc(-c2cnc3ccccc3c2)nc1CCl. The van der Waals surface area contributed by atoms with Crippen LogP contribution in [-0.2, 0) is 5.88 Å². The van der Waals surface area contributed by atoms with Crippen molar-refractivity contribution in [3.8, 4) is 11.4 Å². The van der Waals surface area contributed by atoms with E-state index >= 15 is 0 Å². The number of alkyl halides is 1. The molecule has 0 amide bonds. The summed E-state index contributed by atoms with van der Waals surface area (Å²) in [5.74, 6) is 1.06. The minimum Gasteiger partial charge on any atom is -0.255 e. The summed E-state index contributed by atoms with van der Waals surface area (Å²) in [5.41, 5.74) is 3.74. The second kappa shape index (κ2) is 4.94. The van der Waals surface area contributed by atoms with Gasteiger partial charge in [-0.2, -0.15) is 0 Å². The summed E-state index contributed by atoms with van der Waals surface area (Å²) < 4.78 is 0. The van der Waals surface area contributed by atoms with Gasteiger partial charge in [0, 0.05) is 23.3 Å². The highest BCUT2D eigenvalue weighted by molar-refractivity contribution is 6.17. The normalized spacial score (nSPS) is 10.8. The molecule has 0 spiro atoms. The molecule has 19 heavy (non-hydrogen) atoms. The summed E-state index contributed by atoms with van der Waals surface area (Å²) in [7, 11) is 0. The van der Waals surface area contributed by atoms with Gasteiger partial charge in [0.25, 0.3) is 0 Å². The van der Waals surface area contributed by atoms with Gasteiger partial charge in [0.2, 0.25) is 0 Å². The number of nitrogens with zero attached hydrogens (tertiary/aromatic N) is 3. The fraction of sp³-hybridized carbons (Fsp3) is 0.133. The first-order valence-corrected chi connectivity index (χ1v) is 6.55. The van der Waals surface area contributed by atoms with Crippen LogP contribution in [0.3, 0.4) is 0 Å². The molecule has 0 bridgehead atoms. The molecule has 1 aromatic carbocycles. The van der Waals surface area contributed by atoms with Gasteiger partial charge in [0.15, 0.2) is 5.82 Å². The van der Waals surface area contributed by atoms with Gasteiger partial charge in [-0.1, -0.05) is 18.2 Å². The highest BCUT2D eigenvalue weighted by Gasteiger charge is 2.06. The van der Waals surface area contributed by atoms with Gasteiger partial charge >= 0.3 is 0 Å². The van der Waals surface area contributed by atoms with Crippen LogP contribution in [0.5, 0.6) is 0 Å². The minimum atomic E-state index is 0.391. The monoisotopic (exact) mass is 269 g/mol. The van der Waals surface area contributed by atoms with E-state index in [1.165, 1.54) is 0 Å². The van der Waals surface area contributed by atoms with E-state index in [1.807, 2.05) is 37.3 Å². The third-order valence-corrected chi connectivity index (χ3v) is 3.30. The number of rotatable bonds is 2. The Morgan fingerprint density at radius 2 is 1.95 bits per heavy atom. The van der Waals surface area contributed by atoms with Gasteiger partial charge in [0.1, 0.15) is 0 Å². The van der Waals surface area contributed by atoms with Crippen LogP contribution in [0, 0.1) is 6.92 Å². The Hall–Kier alpha value is -2.00. The topological polar surface area (TPSA) is 38.7 Å². The zero-order valence-corrected chi connectivity index (χ0v) is 11.2. The fourth-order valence-electron chi connectivity index (χ4n) is 1.95. The van der Waals surface area contributed by atoms with Gasteiger partial charge in [0.05, 0.1) is 17.1 Å². The summed E-state index contributed by atoms with van der Waals surface area (Å²) in [6.07, 6.45) is 3.60. The summed E-state index contributed by atoms with van der Waals surface area (Å²) in [5, 5.41) is 1.08. The molecule has 0 fully saturated rings. The van der Waals surface area contributed by atoms with E-state index < -0.39 is 0 Å². The number of benzene rings is 1. The van der Waals surface area contributed by atoms with Crippen LogP contribution in [0.1, 0.15) is 11.3 Å². The average Bonchev–Trinajstić information content (AvgIpc) is 2.47. The van der Waals surface area contributed by atoms with Crippen molar-refractivity contribution in [1.29, 1.82) is 0 Å². The van der Waals surface area contributed by atoms with Crippen molar-refractivity contribution >= 4 is 22.5 Å². The third-order valence-electron chi connectivity index (χ3n) is 3.05. The van der Waals surface area contributed by atoms with Crippen LogP contribution in [0.15, 0.2) is 42.7 Å². The van der Waals surface area contributed by atoms with E-state index in [1.54, 1.807) is 12.4 Å². The minimum absolute atomic E-state index is 0.391. The molecule has 0 saturated carbocycles. The Morgan fingerprint density at radius 1 is 1.11 bits per heavy atom. The van der Waals surface area contributed by atoms with Crippen LogP contribution in [0.25, 0.3) is 22.3 Å². The standard InChI is InChI=1S/C15H12ClN3/c1-10-8-18-15(19-14(10)7-16)12-6-11-4-2-3-5-13(11)17-9-12/h2-6,8-9H,7H2,1H3. The molecule has 0 atom stereocenters. The number of fused-ring (bicyclic) bond motifs is 1. The van der Waals surface area contributed by atoms with Crippen molar-refractivity contribution in [1.82, 2.24) is 15.0 Å². The van der Waals surface area contributed by atoms with Crippen LogP contribution >= 0.6 is 11.6 Å². The Morgan fingerprint density at radius 3 is 2.79 bits per heavy atom. The lowest BCUT2D eigenvalue weighted by atomic mass is 10.1. The van der Waals surface area contributed by atoms with Gasteiger partial charge < -0.3 is 0 Å². The number of aromatic nitrogens is 3. The molecule has 2 aromatic heterocycles. The first-order chi connectivity index (χ1) is 9.28. The van der Waals surface area contributed by atoms with Crippen molar-refractivity contribution in [2.24, 2.45) is 0 Å². The first-order valence-electron chi connectivity index (χ1n) is 6.01. The molecule has 0 aliphatic rings. The first kappa shape index (κ1) is 12.1. The van der Waals surface area contributed by atoms with Gasteiger partial charge in [-0.3, -0.25) is 4.98 Å². The number of halogens is 1. The maximum Gasteiger partial charge on any atom is 0.161 e. The number of aryl methyl sites for hydroxylation is 1. The number of hydrogen-bond donors (Lipinski definition) is 0. The quantitative estimate of drug-likeness (QED) is 0.665. The molecule has 0 aliphatic heterocycles. The molecule has 4 heteroatoms. The van der Waals surface area contributed by atoms with E-state index in [9.17, 15) is 0 Å². The highest BCUT2D eigenvalue weighted by atomic mass is 35.5. The Bertz CT molecular complexity index is 740. The molecule has 0 N–H and O–H groups in total. The smallest absolute Gasteiger partial charge is 0.161 e. The molecule has 3 nitrogen and oxygen atoms in total. The maximum atomic E-state index is 5.88. The van der Waals surface area contributed by atoms with Crippen molar-refractivity contribution in [3.05, 3.63) is 54.0 Å². The molecule has 0 radical (unpaired) electrons. The average molecular weight is 270 g/mol. The van der Waals surface area contributed by atoms with Crippen molar-refractivity contribution in [2.45, 2.75) is 12.8 Å². The van der Waals surface area contributed by atoms with Gasteiger partial charge in [-0.05, 0) is 24.6 Å². The Balaban J connectivity index is 2.13. The number of pyridine rings is 1. The second-order valence-corrected chi connectivity index (χ2v) is 4.64. The molecular weight excluding hydrogens is 258 g/mol. The van der Waals surface area contributed by atoms with E-state index in [0.29, 0.717) is 11.7 Å². The molecular formula is C15H12ClN3. The molecule has 0 unspecified atom stereocenters. The zero-order valence-electron chi connectivity index (χ0n) is 10.5. The fourth-order valence-corrected chi connectivity index (χ4v) is 2.22. The largest absolute Gasteiger partial charge is 0.255 e. The van der Waals surface area contributed by atoms with E-state index in [0.717, 1.165) is 27.7 Å². The third kappa shape index (κ3) is 2.29. The summed E-state index contributed by atoms with van der Waals surface area (Å²) >= 11 is 5.88. The second-order valence-electron chi connectivity index (χ2n) is 4.37. The van der Waals surface area contributed by atoms with E-state index in [2.05, 4.69) is 15.0 Å². The predicted molar refractivity (Wildman–Crippen MR) is 77.1 cm³/mol. The van der Waals surface area contributed by atoms with Crippen LogP contribution in [-0.4, -0.2) is 15.0 Å². The molecule has 0 aliphatic carbocycles. The van der Waals surface area contributed by atoms with Crippen LogP contribution in [0.4, 0.5) is 0 Å². The highest BCUT2D eigenvalue weighted by Crippen LogP contribution is 2.20. The molecule has 3 aromatic rings. The maximum absolute atomic E-state index is 5.88. The molecule has 0 saturated heterocycles. The van der Waals surface area contributed by atoms with Crippen molar-refractivity contribution in [2.75, 3.05) is 0 Å². The lowest BCUT2D eigenvalue weighted by Crippen LogP contribution is -1.97. The van der Waals surface area contributed by atoms with Crippen LogP contribution < -0.4 is 0 Å². The zero-order chi connectivity index (χ0) is 13.2. The summed E-state index contributed by atoms with van der Waals surface area (Å²) in [6, 6.07) is 10.0. The number of para-hydroxylation sites is 1. The lowest BCUT2D eigenvalue weighted by Gasteiger charge is -2.05. The lowest BCUT2D eigenvalue weighted by molar-refractivity contribution is 1.05. The number of hydrogen-bond acceptors (Lipinski definition) is 3. The Kier molecular flexibility index (Phi) is 3.13. The van der Waals surface area contributed by atoms with Gasteiger partial charge in [-0.15, -0.1) is 11.6 Å². The van der Waals surface area contributed by atoms with Crippen molar-refractivity contribution < 1.29 is 0 Å². The van der Waals surface area contributed by atoms with Gasteiger partial charge in [-0.25, -0.2) is 9.97 Å². The predicted octanol–water partition coefficient (Wildman–Crippen LogP) is 3.74.